The number of rotatable bonds is 4. The van der Waals surface area contributed by atoms with Crippen LogP contribution in [-0.4, -0.2) is 17.7 Å². The average Bonchev–Trinajstić information content (AvgIpc) is 2.29. The number of alkyl halides is 3. The van der Waals surface area contributed by atoms with Crippen molar-refractivity contribution < 1.29 is 22.8 Å². The average molecular weight is 244 g/mol. The Balaban J connectivity index is 3.15. The lowest BCUT2D eigenvalue weighted by atomic mass is 9.89. The highest BCUT2D eigenvalue weighted by Gasteiger charge is 2.46. The number of benzene rings is 1. The van der Waals surface area contributed by atoms with Gasteiger partial charge in [-0.2, -0.15) is 13.2 Å². The Morgan fingerprint density at radius 2 is 1.71 bits per heavy atom. The van der Waals surface area contributed by atoms with Gasteiger partial charge in [0, 0.05) is 6.42 Å². The second-order valence-electron chi connectivity index (χ2n) is 3.53. The van der Waals surface area contributed by atoms with Crippen molar-refractivity contribution in [2.45, 2.75) is 25.4 Å². The summed E-state index contributed by atoms with van der Waals surface area (Å²) in [6.45, 7) is 1.43. The quantitative estimate of drug-likeness (QED) is 0.763. The van der Waals surface area contributed by atoms with Gasteiger partial charge in [0.2, 0.25) is 0 Å². The smallest absolute Gasteiger partial charge is 0.299 e. The number of carbonyl (C=O) groups excluding carboxylic acids is 2. The van der Waals surface area contributed by atoms with E-state index in [1.54, 1.807) is 6.07 Å². The van der Waals surface area contributed by atoms with Gasteiger partial charge in [0.25, 0.3) is 5.78 Å². The Morgan fingerprint density at radius 3 is 2.12 bits per heavy atom. The fourth-order valence-electron chi connectivity index (χ4n) is 1.50. The molecule has 0 radical (unpaired) electrons. The minimum Gasteiger partial charge on any atom is -0.299 e. The minimum atomic E-state index is -4.99. The van der Waals surface area contributed by atoms with Gasteiger partial charge < -0.3 is 0 Å². The van der Waals surface area contributed by atoms with E-state index in [-0.39, 0.29) is 12.0 Å². The topological polar surface area (TPSA) is 34.1 Å². The van der Waals surface area contributed by atoms with Gasteiger partial charge in [0.15, 0.2) is 0 Å². The molecule has 0 aromatic heterocycles. The van der Waals surface area contributed by atoms with E-state index in [4.69, 9.17) is 0 Å². The molecular weight excluding hydrogens is 233 g/mol. The Hall–Kier alpha value is -1.65. The predicted molar refractivity (Wildman–Crippen MR) is 55.5 cm³/mol. The summed E-state index contributed by atoms with van der Waals surface area (Å²) < 4.78 is 37.1. The van der Waals surface area contributed by atoms with Crippen molar-refractivity contribution in [3.8, 4) is 0 Å². The van der Waals surface area contributed by atoms with Gasteiger partial charge in [0.05, 0.1) is 0 Å². The van der Waals surface area contributed by atoms with E-state index < -0.39 is 23.7 Å². The van der Waals surface area contributed by atoms with E-state index in [1.165, 1.54) is 31.2 Å². The third kappa shape index (κ3) is 3.15. The largest absolute Gasteiger partial charge is 0.451 e. The number of ketones is 2. The van der Waals surface area contributed by atoms with Gasteiger partial charge in [0.1, 0.15) is 11.7 Å². The summed E-state index contributed by atoms with van der Waals surface area (Å²) in [5.41, 5.74) is 0.0849. The van der Waals surface area contributed by atoms with Crippen LogP contribution in [0.25, 0.3) is 0 Å². The van der Waals surface area contributed by atoms with Gasteiger partial charge >= 0.3 is 6.18 Å². The molecule has 0 aliphatic heterocycles. The van der Waals surface area contributed by atoms with E-state index in [0.29, 0.717) is 0 Å². The van der Waals surface area contributed by atoms with E-state index in [1.807, 2.05) is 0 Å². The zero-order valence-corrected chi connectivity index (χ0v) is 9.12. The summed E-state index contributed by atoms with van der Waals surface area (Å²) in [4.78, 5) is 22.7. The molecule has 0 N–H and O–H groups in total. The Labute approximate surface area is 96.4 Å². The van der Waals surface area contributed by atoms with Crippen LogP contribution in [0.5, 0.6) is 0 Å². The zero-order chi connectivity index (χ0) is 13.1. The SMILES string of the molecule is CCC(=O)C(C(=O)C(F)(F)F)c1ccccc1. The maximum absolute atomic E-state index is 12.4. The van der Waals surface area contributed by atoms with E-state index in [9.17, 15) is 22.8 Å². The van der Waals surface area contributed by atoms with Crippen molar-refractivity contribution in [2.24, 2.45) is 0 Å². The lowest BCUT2D eigenvalue weighted by molar-refractivity contribution is -0.173. The van der Waals surface area contributed by atoms with Crippen LogP contribution in [0.1, 0.15) is 24.8 Å². The molecule has 0 fully saturated rings. The highest BCUT2D eigenvalue weighted by atomic mass is 19.4. The Bertz CT molecular complexity index is 410. The second-order valence-corrected chi connectivity index (χ2v) is 3.53. The van der Waals surface area contributed by atoms with Crippen molar-refractivity contribution >= 4 is 11.6 Å². The molecular formula is C12H11F3O2. The van der Waals surface area contributed by atoms with Crippen LogP contribution in [0, 0.1) is 0 Å². The first-order chi connectivity index (χ1) is 7.88. The van der Waals surface area contributed by atoms with Crippen LogP contribution < -0.4 is 0 Å². The zero-order valence-electron chi connectivity index (χ0n) is 9.12. The molecule has 0 saturated carbocycles. The lowest BCUT2D eigenvalue weighted by Crippen LogP contribution is -2.33. The van der Waals surface area contributed by atoms with Gasteiger partial charge in [-0.05, 0) is 5.56 Å². The molecule has 0 bridgehead atoms. The molecule has 1 aromatic carbocycles. The standard InChI is InChI=1S/C12H11F3O2/c1-2-9(16)10(11(17)12(13,14)15)8-6-4-3-5-7-8/h3-7,10H,2H2,1H3. The molecule has 92 valence electrons. The molecule has 1 rings (SSSR count). The van der Waals surface area contributed by atoms with Gasteiger partial charge in [-0.25, -0.2) is 0 Å². The Kier molecular flexibility index (Phi) is 4.04. The summed E-state index contributed by atoms with van der Waals surface area (Å²) in [6, 6.07) is 7.29. The fraction of sp³-hybridized carbons (Fsp3) is 0.333. The lowest BCUT2D eigenvalue weighted by Gasteiger charge is -2.15. The van der Waals surface area contributed by atoms with Crippen LogP contribution >= 0.6 is 0 Å². The Morgan fingerprint density at radius 1 is 1.18 bits per heavy atom. The molecule has 0 saturated heterocycles. The molecule has 1 atom stereocenters. The number of carbonyl (C=O) groups is 2. The molecule has 0 spiro atoms. The summed E-state index contributed by atoms with van der Waals surface area (Å²) in [7, 11) is 0. The third-order valence-corrected chi connectivity index (χ3v) is 2.34. The summed E-state index contributed by atoms with van der Waals surface area (Å²) in [5.74, 6) is -4.46. The number of hydrogen-bond donors (Lipinski definition) is 0. The highest BCUT2D eigenvalue weighted by molar-refractivity contribution is 6.09. The van der Waals surface area contributed by atoms with Crippen LogP contribution in [-0.2, 0) is 9.59 Å². The second kappa shape index (κ2) is 5.12. The van der Waals surface area contributed by atoms with E-state index in [0.717, 1.165) is 0 Å². The molecule has 17 heavy (non-hydrogen) atoms. The normalized spacial score (nSPS) is 13.2. The van der Waals surface area contributed by atoms with Gasteiger partial charge in [-0.15, -0.1) is 0 Å². The minimum absolute atomic E-state index is 0.0849. The fourth-order valence-corrected chi connectivity index (χ4v) is 1.50. The van der Waals surface area contributed by atoms with Crippen LogP contribution in [0.4, 0.5) is 13.2 Å². The van der Waals surface area contributed by atoms with E-state index in [2.05, 4.69) is 0 Å². The number of hydrogen-bond acceptors (Lipinski definition) is 2. The van der Waals surface area contributed by atoms with Crippen molar-refractivity contribution in [3.05, 3.63) is 35.9 Å². The molecule has 0 aliphatic rings. The van der Waals surface area contributed by atoms with Gasteiger partial charge in [-0.3, -0.25) is 9.59 Å². The molecule has 1 unspecified atom stereocenters. The summed E-state index contributed by atoms with van der Waals surface area (Å²) >= 11 is 0. The first-order valence-electron chi connectivity index (χ1n) is 5.06. The van der Waals surface area contributed by atoms with Crippen molar-refractivity contribution in [1.29, 1.82) is 0 Å². The highest BCUT2D eigenvalue weighted by Crippen LogP contribution is 2.29. The van der Waals surface area contributed by atoms with Crippen LogP contribution in [0.2, 0.25) is 0 Å². The summed E-state index contributed by atoms with van der Waals surface area (Å²) in [6.07, 6.45) is -5.10. The van der Waals surface area contributed by atoms with Crippen molar-refractivity contribution in [2.75, 3.05) is 0 Å². The first kappa shape index (κ1) is 13.4. The number of Topliss-reactive ketones (excluding diaryl/α,β-unsaturated/α-hetero) is 2. The molecule has 0 aliphatic carbocycles. The number of halogens is 3. The molecule has 2 nitrogen and oxygen atoms in total. The summed E-state index contributed by atoms with van der Waals surface area (Å²) in [5, 5.41) is 0. The molecule has 1 aromatic rings. The van der Waals surface area contributed by atoms with E-state index >= 15 is 0 Å². The van der Waals surface area contributed by atoms with Crippen molar-refractivity contribution in [1.82, 2.24) is 0 Å². The first-order valence-corrected chi connectivity index (χ1v) is 5.06. The molecule has 0 heterocycles. The third-order valence-electron chi connectivity index (χ3n) is 2.34. The van der Waals surface area contributed by atoms with Crippen molar-refractivity contribution in [3.63, 3.8) is 0 Å². The van der Waals surface area contributed by atoms with Gasteiger partial charge in [-0.1, -0.05) is 37.3 Å². The molecule has 5 heteroatoms. The molecule has 0 amide bonds. The van der Waals surface area contributed by atoms with Crippen LogP contribution in [0.15, 0.2) is 30.3 Å². The monoisotopic (exact) mass is 244 g/mol. The predicted octanol–water partition coefficient (Wildman–Crippen LogP) is 2.88. The van der Waals surface area contributed by atoms with Crippen LogP contribution in [0.3, 0.4) is 0 Å². The maximum Gasteiger partial charge on any atom is 0.451 e. The maximum atomic E-state index is 12.4.